The third-order valence-corrected chi connectivity index (χ3v) is 12.8. The Morgan fingerprint density at radius 2 is 1.50 bits per heavy atom. The van der Waals surface area contributed by atoms with Crippen LogP contribution in [0.1, 0.15) is 55.6 Å². The first-order chi connectivity index (χ1) is 13.4. The number of hydrogen-bond donors (Lipinski definition) is 0. The van der Waals surface area contributed by atoms with Crippen molar-refractivity contribution >= 4 is 24.2 Å². The van der Waals surface area contributed by atoms with Crippen molar-refractivity contribution in [3.8, 4) is 0 Å². The number of hydrogen-bond acceptors (Lipinski definition) is 2. The molecule has 0 bridgehead atoms. The van der Waals surface area contributed by atoms with Crippen LogP contribution >= 0.6 is 0 Å². The fraction of sp³-hybridized carbons (Fsp3) is 0.320. The van der Waals surface area contributed by atoms with Gasteiger partial charge in [-0.3, -0.25) is 4.79 Å². The summed E-state index contributed by atoms with van der Waals surface area (Å²) in [6, 6.07) is 25.0. The molecular weight excluding hydrogens is 360 g/mol. The summed E-state index contributed by atoms with van der Waals surface area (Å²) in [5.74, 6) is 1.42. The lowest BCUT2D eigenvalue weighted by Gasteiger charge is -2.46. The van der Waals surface area contributed by atoms with Gasteiger partial charge in [-0.2, -0.15) is 0 Å². The van der Waals surface area contributed by atoms with Gasteiger partial charge in [-0.15, -0.1) is 0 Å². The number of carbonyl (C=O) groups excluding carboxylic acids is 1. The average Bonchev–Trinajstić information content (AvgIpc) is 3.19. The maximum Gasteiger partial charge on any atom is 0.166 e. The fourth-order valence-corrected chi connectivity index (χ4v) is 10.8. The van der Waals surface area contributed by atoms with E-state index >= 15 is 0 Å². The zero-order valence-electron chi connectivity index (χ0n) is 16.9. The van der Waals surface area contributed by atoms with Gasteiger partial charge < -0.3 is 4.42 Å². The van der Waals surface area contributed by atoms with E-state index in [1.54, 1.807) is 6.26 Å². The highest BCUT2D eigenvalue weighted by atomic mass is 28.3. The van der Waals surface area contributed by atoms with Gasteiger partial charge in [0.15, 0.2) is 5.78 Å². The van der Waals surface area contributed by atoms with E-state index in [1.165, 1.54) is 10.4 Å². The van der Waals surface area contributed by atoms with Crippen LogP contribution in [0.2, 0.25) is 11.1 Å². The van der Waals surface area contributed by atoms with Gasteiger partial charge in [-0.25, -0.2) is 0 Å². The number of fused-ring (bicyclic) bond motifs is 1. The van der Waals surface area contributed by atoms with Crippen molar-refractivity contribution in [2.24, 2.45) is 0 Å². The molecule has 1 aliphatic rings. The number of Topliss-reactive ketones (excluding diaryl/α,β-unsaturated/α-hetero) is 1. The molecule has 1 unspecified atom stereocenters. The summed E-state index contributed by atoms with van der Waals surface area (Å²) < 4.78 is 5.87. The zero-order valence-corrected chi connectivity index (χ0v) is 17.9. The Labute approximate surface area is 168 Å². The number of benzene rings is 2. The third kappa shape index (κ3) is 3.08. The summed E-state index contributed by atoms with van der Waals surface area (Å²) in [4.78, 5) is 12.3. The molecule has 1 heterocycles. The van der Waals surface area contributed by atoms with E-state index in [4.69, 9.17) is 4.42 Å². The second-order valence-electron chi connectivity index (χ2n) is 8.95. The van der Waals surface area contributed by atoms with Crippen molar-refractivity contribution in [1.29, 1.82) is 0 Å². The normalized spacial score (nSPS) is 17.4. The van der Waals surface area contributed by atoms with Crippen LogP contribution < -0.4 is 10.4 Å². The topological polar surface area (TPSA) is 30.2 Å². The van der Waals surface area contributed by atoms with Gasteiger partial charge in [0.1, 0.15) is 13.8 Å². The molecule has 4 rings (SSSR count). The van der Waals surface area contributed by atoms with E-state index in [0.29, 0.717) is 6.42 Å². The van der Waals surface area contributed by atoms with Gasteiger partial charge in [0.25, 0.3) is 0 Å². The molecule has 0 radical (unpaired) electrons. The first-order valence-electron chi connectivity index (χ1n) is 10.1. The van der Waals surface area contributed by atoms with E-state index in [9.17, 15) is 4.79 Å². The van der Waals surface area contributed by atoms with E-state index < -0.39 is 8.07 Å². The Morgan fingerprint density at radius 3 is 2.04 bits per heavy atom. The predicted octanol–water partition coefficient (Wildman–Crippen LogP) is 5.40. The Bertz CT molecular complexity index is 911. The van der Waals surface area contributed by atoms with Crippen molar-refractivity contribution < 1.29 is 9.21 Å². The quantitative estimate of drug-likeness (QED) is 0.560. The van der Waals surface area contributed by atoms with Gasteiger partial charge in [0.05, 0.1) is 11.8 Å². The zero-order chi connectivity index (χ0) is 19.8. The summed E-state index contributed by atoms with van der Waals surface area (Å²) in [7, 11) is -2.17. The van der Waals surface area contributed by atoms with Gasteiger partial charge in [0, 0.05) is 12.3 Å². The van der Waals surface area contributed by atoms with E-state index in [-0.39, 0.29) is 16.7 Å². The molecule has 1 aliphatic carbocycles. The third-order valence-electron chi connectivity index (χ3n) is 6.45. The van der Waals surface area contributed by atoms with E-state index in [1.807, 2.05) is 6.07 Å². The molecule has 1 aromatic heterocycles. The molecule has 0 saturated heterocycles. The van der Waals surface area contributed by atoms with Crippen LogP contribution in [0, 0.1) is 0 Å². The minimum atomic E-state index is -2.17. The predicted molar refractivity (Wildman–Crippen MR) is 117 cm³/mol. The smallest absolute Gasteiger partial charge is 0.166 e. The molecule has 2 nitrogen and oxygen atoms in total. The van der Waals surface area contributed by atoms with Gasteiger partial charge >= 0.3 is 0 Å². The molecule has 0 aliphatic heterocycles. The van der Waals surface area contributed by atoms with Gasteiger partial charge in [0.2, 0.25) is 0 Å². The number of rotatable bonds is 4. The van der Waals surface area contributed by atoms with Crippen LogP contribution in [0.3, 0.4) is 0 Å². The van der Waals surface area contributed by atoms with Crippen LogP contribution in [-0.4, -0.2) is 13.9 Å². The first-order valence-corrected chi connectivity index (χ1v) is 12.4. The van der Waals surface area contributed by atoms with Gasteiger partial charge in [-0.1, -0.05) is 91.8 Å². The van der Waals surface area contributed by atoms with Crippen molar-refractivity contribution in [2.45, 2.75) is 50.6 Å². The summed E-state index contributed by atoms with van der Waals surface area (Å²) in [6.45, 7) is 7.16. The standard InChI is InChI=1S/C25H28O2Si/c1-25(2,3)28(20-10-6-4-7-11-20,21-12-8-5-9-13-21)18-19-14-15-23(26)22-16-17-27-24(19)22/h4-13,16-17,19H,14-15,18H2,1-3H3. The van der Waals surface area contributed by atoms with Crippen molar-refractivity contribution in [3.05, 3.63) is 84.3 Å². The molecule has 0 spiro atoms. The number of ketones is 1. The molecule has 0 fully saturated rings. The summed E-state index contributed by atoms with van der Waals surface area (Å²) in [5, 5.41) is 3.03. The Hall–Kier alpha value is -2.39. The highest BCUT2D eigenvalue weighted by Gasteiger charge is 2.49. The lowest BCUT2D eigenvalue weighted by molar-refractivity contribution is 0.0963. The second-order valence-corrected chi connectivity index (χ2v) is 13.8. The van der Waals surface area contributed by atoms with E-state index in [0.717, 1.165) is 23.8 Å². The van der Waals surface area contributed by atoms with Crippen LogP contribution in [0.25, 0.3) is 0 Å². The maximum absolute atomic E-state index is 12.3. The monoisotopic (exact) mass is 388 g/mol. The lowest BCUT2D eigenvalue weighted by atomic mass is 9.89. The summed E-state index contributed by atoms with van der Waals surface area (Å²) in [5.41, 5.74) is 0.800. The molecule has 28 heavy (non-hydrogen) atoms. The van der Waals surface area contributed by atoms with Crippen molar-refractivity contribution in [1.82, 2.24) is 0 Å². The molecular formula is C25H28O2Si. The second kappa shape index (κ2) is 7.21. The molecule has 0 N–H and O–H groups in total. The van der Waals surface area contributed by atoms with Crippen LogP contribution in [-0.2, 0) is 0 Å². The molecule has 3 aromatic rings. The number of carbonyl (C=O) groups is 1. The molecule has 1 atom stereocenters. The maximum atomic E-state index is 12.3. The molecule has 0 saturated carbocycles. The number of furan rings is 1. The molecule has 2 aromatic carbocycles. The van der Waals surface area contributed by atoms with Crippen molar-refractivity contribution in [3.63, 3.8) is 0 Å². The Kier molecular flexibility index (Phi) is 4.88. The minimum Gasteiger partial charge on any atom is -0.468 e. The van der Waals surface area contributed by atoms with Crippen molar-refractivity contribution in [2.75, 3.05) is 0 Å². The first kappa shape index (κ1) is 18.9. The van der Waals surface area contributed by atoms with Gasteiger partial charge in [-0.05, 0) is 23.6 Å². The summed E-state index contributed by atoms with van der Waals surface area (Å²) >= 11 is 0. The van der Waals surface area contributed by atoms with Crippen LogP contribution in [0.5, 0.6) is 0 Å². The molecule has 0 amide bonds. The average molecular weight is 389 g/mol. The Morgan fingerprint density at radius 1 is 0.929 bits per heavy atom. The molecule has 3 heteroatoms. The molecule has 144 valence electrons. The summed E-state index contributed by atoms with van der Waals surface area (Å²) in [6.07, 6.45) is 3.19. The minimum absolute atomic E-state index is 0.115. The van der Waals surface area contributed by atoms with Crippen LogP contribution in [0.15, 0.2) is 77.4 Å². The highest BCUT2D eigenvalue weighted by Crippen LogP contribution is 2.45. The fourth-order valence-electron chi connectivity index (χ4n) is 5.02. The SMILES string of the molecule is CC(C)(C)[Si](CC1CCC(=O)c2ccoc21)(c1ccccc1)c1ccccc1. The van der Waals surface area contributed by atoms with Crippen LogP contribution in [0.4, 0.5) is 0 Å². The van der Waals surface area contributed by atoms with E-state index in [2.05, 4.69) is 81.4 Å². The lowest BCUT2D eigenvalue weighted by Crippen LogP contribution is -2.64. The largest absolute Gasteiger partial charge is 0.468 e. The Balaban J connectivity index is 1.90. The highest BCUT2D eigenvalue weighted by molar-refractivity contribution is 7.04.